The van der Waals surface area contributed by atoms with Crippen molar-refractivity contribution in [2.45, 2.75) is 5.03 Å². The fourth-order valence-electron chi connectivity index (χ4n) is 1.56. The Morgan fingerprint density at radius 1 is 1.29 bits per heavy atom. The summed E-state index contributed by atoms with van der Waals surface area (Å²) < 4.78 is 0.672. The number of hydrogen-bond acceptors (Lipinski definition) is 5. The number of rotatable bonds is 5. The van der Waals surface area contributed by atoms with Crippen LogP contribution in [0.25, 0.3) is 0 Å². The molecular weight excluding hydrogens is 294 g/mol. The van der Waals surface area contributed by atoms with Crippen LogP contribution in [0.15, 0.2) is 53.7 Å². The molecule has 0 radical (unpaired) electrons. The van der Waals surface area contributed by atoms with Gasteiger partial charge in [0.2, 0.25) is 5.91 Å². The molecule has 0 bridgehead atoms. The Morgan fingerprint density at radius 2 is 2.10 bits per heavy atom. The Morgan fingerprint density at radius 3 is 2.81 bits per heavy atom. The van der Waals surface area contributed by atoms with Gasteiger partial charge >= 0.3 is 0 Å². The van der Waals surface area contributed by atoms with E-state index in [0.717, 1.165) is 11.8 Å². The molecule has 0 aliphatic rings. The standard InChI is InChI=1S/C13H11N3O4S/c17-12(9-21-13-6-1-2-7-15(13)18)14-10-4-3-5-11(8-10)16(19)20/h1-8H,9H2,(H,14,17). The van der Waals surface area contributed by atoms with E-state index in [1.807, 2.05) is 0 Å². The zero-order valence-electron chi connectivity index (χ0n) is 10.8. The van der Waals surface area contributed by atoms with E-state index in [4.69, 9.17) is 0 Å². The normalized spacial score (nSPS) is 10.1. The number of non-ortho nitro benzene ring substituents is 1. The largest absolute Gasteiger partial charge is 0.618 e. The van der Waals surface area contributed by atoms with E-state index < -0.39 is 4.92 Å². The predicted octanol–water partition coefficient (Wildman–Crippen LogP) is 1.96. The molecule has 0 aliphatic heterocycles. The van der Waals surface area contributed by atoms with E-state index in [9.17, 15) is 20.1 Å². The molecule has 0 fully saturated rings. The summed E-state index contributed by atoms with van der Waals surface area (Å²) in [5.74, 6) is -0.307. The van der Waals surface area contributed by atoms with Gasteiger partial charge in [-0.2, -0.15) is 4.73 Å². The second-order valence-electron chi connectivity index (χ2n) is 4.01. The highest BCUT2D eigenvalue weighted by molar-refractivity contribution is 7.99. The van der Waals surface area contributed by atoms with Gasteiger partial charge in [0, 0.05) is 30.0 Å². The van der Waals surface area contributed by atoms with Gasteiger partial charge in [-0.05, 0) is 23.9 Å². The van der Waals surface area contributed by atoms with E-state index >= 15 is 0 Å². The van der Waals surface area contributed by atoms with Crippen molar-refractivity contribution in [2.75, 3.05) is 11.1 Å². The summed E-state index contributed by atoms with van der Waals surface area (Å²) in [6, 6.07) is 10.6. The van der Waals surface area contributed by atoms with Gasteiger partial charge in [-0.25, -0.2) is 0 Å². The van der Waals surface area contributed by atoms with Crippen LogP contribution in [0.3, 0.4) is 0 Å². The average Bonchev–Trinajstić information content (AvgIpc) is 2.46. The second kappa shape index (κ2) is 6.71. The van der Waals surface area contributed by atoms with Gasteiger partial charge < -0.3 is 10.5 Å². The van der Waals surface area contributed by atoms with Crippen LogP contribution in [0.1, 0.15) is 0 Å². The number of carbonyl (C=O) groups is 1. The minimum absolute atomic E-state index is 0.0367. The minimum Gasteiger partial charge on any atom is -0.618 e. The molecule has 0 atom stereocenters. The van der Waals surface area contributed by atoms with Crippen LogP contribution in [-0.4, -0.2) is 16.6 Å². The van der Waals surface area contributed by atoms with Crippen LogP contribution in [0.2, 0.25) is 0 Å². The third kappa shape index (κ3) is 4.18. The molecule has 1 N–H and O–H groups in total. The molecule has 2 rings (SSSR count). The number of nitro groups is 1. The lowest BCUT2D eigenvalue weighted by molar-refractivity contribution is -0.645. The molecule has 0 spiro atoms. The molecule has 1 aromatic carbocycles. The highest BCUT2D eigenvalue weighted by Crippen LogP contribution is 2.18. The van der Waals surface area contributed by atoms with Crippen molar-refractivity contribution in [3.05, 3.63) is 64.0 Å². The van der Waals surface area contributed by atoms with Crippen LogP contribution >= 0.6 is 11.8 Å². The van der Waals surface area contributed by atoms with Crippen LogP contribution in [-0.2, 0) is 4.79 Å². The van der Waals surface area contributed by atoms with E-state index in [1.165, 1.54) is 24.4 Å². The van der Waals surface area contributed by atoms with Crippen molar-refractivity contribution in [3.63, 3.8) is 0 Å². The number of aromatic nitrogens is 1. The summed E-state index contributed by atoms with van der Waals surface area (Å²) in [4.78, 5) is 21.9. The maximum absolute atomic E-state index is 11.8. The third-order valence-electron chi connectivity index (χ3n) is 2.48. The van der Waals surface area contributed by atoms with Crippen molar-refractivity contribution in [1.82, 2.24) is 0 Å². The third-order valence-corrected chi connectivity index (χ3v) is 3.50. The Labute approximate surface area is 124 Å². The maximum Gasteiger partial charge on any atom is 0.271 e. The van der Waals surface area contributed by atoms with Crippen LogP contribution < -0.4 is 10.0 Å². The van der Waals surface area contributed by atoms with E-state index in [1.54, 1.807) is 24.3 Å². The highest BCUT2D eigenvalue weighted by atomic mass is 32.2. The number of pyridine rings is 1. The maximum atomic E-state index is 11.8. The number of amides is 1. The van der Waals surface area contributed by atoms with Gasteiger partial charge in [0.1, 0.15) is 0 Å². The number of benzene rings is 1. The van der Waals surface area contributed by atoms with E-state index in [0.29, 0.717) is 15.4 Å². The molecule has 7 nitrogen and oxygen atoms in total. The van der Waals surface area contributed by atoms with Gasteiger partial charge in [-0.1, -0.05) is 6.07 Å². The van der Waals surface area contributed by atoms with Crippen LogP contribution in [0.4, 0.5) is 11.4 Å². The lowest BCUT2D eigenvalue weighted by Crippen LogP contribution is -2.28. The van der Waals surface area contributed by atoms with Crippen molar-refractivity contribution in [1.29, 1.82) is 0 Å². The molecule has 1 amide bonds. The zero-order chi connectivity index (χ0) is 15.2. The Bertz CT molecular complexity index is 678. The van der Waals surface area contributed by atoms with Crippen molar-refractivity contribution in [2.24, 2.45) is 0 Å². The first-order chi connectivity index (χ1) is 10.1. The number of nitrogens with one attached hydrogen (secondary N) is 1. The highest BCUT2D eigenvalue weighted by Gasteiger charge is 2.11. The Hall–Kier alpha value is -2.61. The van der Waals surface area contributed by atoms with Crippen molar-refractivity contribution < 1.29 is 14.4 Å². The Balaban J connectivity index is 1.95. The molecule has 21 heavy (non-hydrogen) atoms. The van der Waals surface area contributed by atoms with Crippen LogP contribution in [0, 0.1) is 15.3 Å². The molecule has 0 saturated heterocycles. The summed E-state index contributed by atoms with van der Waals surface area (Å²) in [7, 11) is 0. The summed E-state index contributed by atoms with van der Waals surface area (Å²) in [5.41, 5.74) is 0.249. The summed E-state index contributed by atoms with van der Waals surface area (Å²) in [6.45, 7) is 0. The lowest BCUT2D eigenvalue weighted by Gasteiger charge is -2.05. The van der Waals surface area contributed by atoms with Gasteiger partial charge in [-0.3, -0.25) is 14.9 Å². The van der Waals surface area contributed by atoms with Crippen LogP contribution in [0.5, 0.6) is 0 Å². The number of hydrogen-bond donors (Lipinski definition) is 1. The first kappa shape index (κ1) is 14.8. The number of carbonyl (C=O) groups excluding carboxylic acids is 1. The summed E-state index contributed by atoms with van der Waals surface area (Å²) in [5, 5.41) is 25.0. The molecule has 8 heteroatoms. The number of nitrogens with zero attached hydrogens (tertiary/aromatic N) is 2. The predicted molar refractivity (Wildman–Crippen MR) is 77.9 cm³/mol. The fraction of sp³-hybridized carbons (Fsp3) is 0.0769. The molecule has 2 aromatic rings. The Kier molecular flexibility index (Phi) is 4.72. The van der Waals surface area contributed by atoms with Crippen molar-refractivity contribution >= 4 is 29.0 Å². The topological polar surface area (TPSA) is 99.2 Å². The van der Waals surface area contributed by atoms with E-state index in [-0.39, 0.29) is 17.3 Å². The number of anilines is 1. The first-order valence-corrected chi connectivity index (χ1v) is 6.90. The molecule has 0 unspecified atom stereocenters. The SMILES string of the molecule is O=C(CSc1cccc[n+]1[O-])Nc1cccc([N+](=O)[O-])c1. The van der Waals surface area contributed by atoms with Gasteiger partial charge in [0.15, 0.2) is 6.20 Å². The smallest absolute Gasteiger partial charge is 0.271 e. The summed E-state index contributed by atoms with van der Waals surface area (Å²) >= 11 is 1.09. The van der Waals surface area contributed by atoms with Gasteiger partial charge in [-0.15, -0.1) is 0 Å². The average molecular weight is 305 g/mol. The minimum atomic E-state index is -0.533. The monoisotopic (exact) mass is 305 g/mol. The molecule has 1 aromatic heterocycles. The molecule has 1 heterocycles. The zero-order valence-corrected chi connectivity index (χ0v) is 11.6. The van der Waals surface area contributed by atoms with Gasteiger partial charge in [0.25, 0.3) is 10.7 Å². The lowest BCUT2D eigenvalue weighted by atomic mass is 10.3. The first-order valence-electron chi connectivity index (χ1n) is 5.91. The number of thioether (sulfide) groups is 1. The molecule has 0 saturated carbocycles. The number of nitro benzene ring substituents is 1. The fourth-order valence-corrected chi connectivity index (χ4v) is 2.27. The van der Waals surface area contributed by atoms with Crippen molar-refractivity contribution in [3.8, 4) is 0 Å². The quantitative estimate of drug-likeness (QED) is 0.299. The summed E-state index contributed by atoms with van der Waals surface area (Å²) in [6.07, 6.45) is 1.35. The van der Waals surface area contributed by atoms with Gasteiger partial charge in [0.05, 0.1) is 10.7 Å². The van der Waals surface area contributed by atoms with E-state index in [2.05, 4.69) is 5.32 Å². The molecule has 108 valence electrons. The molecular formula is C13H11N3O4S. The molecule has 0 aliphatic carbocycles. The second-order valence-corrected chi connectivity index (χ2v) is 5.00.